The predicted molar refractivity (Wildman–Crippen MR) is 72.8 cm³/mol. The molecule has 1 unspecified atom stereocenters. The molecule has 0 spiro atoms. The number of anilines is 1. The van der Waals surface area contributed by atoms with Crippen LogP contribution in [-0.4, -0.2) is 16.0 Å². The Labute approximate surface area is 110 Å². The molecule has 2 rings (SSSR count). The minimum absolute atomic E-state index is 0.0964. The average molecular weight is 261 g/mol. The predicted octanol–water partition coefficient (Wildman–Crippen LogP) is 2.26. The normalized spacial score (nSPS) is 12.2. The van der Waals surface area contributed by atoms with Gasteiger partial charge in [-0.2, -0.15) is 0 Å². The van der Waals surface area contributed by atoms with Crippen molar-refractivity contribution in [1.29, 1.82) is 0 Å². The van der Waals surface area contributed by atoms with Gasteiger partial charge in [-0.25, -0.2) is 9.37 Å². The van der Waals surface area contributed by atoms with Gasteiger partial charge in [-0.3, -0.25) is 4.79 Å². The number of nitrogens with one attached hydrogen (secondary N) is 2. The molecule has 1 aromatic heterocycles. The summed E-state index contributed by atoms with van der Waals surface area (Å²) in [6, 6.07) is 7.91. The molecule has 0 aliphatic heterocycles. The van der Waals surface area contributed by atoms with Crippen LogP contribution in [0.4, 0.5) is 10.2 Å². The molecule has 0 aliphatic rings. The third-order valence-corrected chi connectivity index (χ3v) is 2.71. The molecule has 1 atom stereocenters. The van der Waals surface area contributed by atoms with Crippen molar-refractivity contribution in [3.05, 3.63) is 57.9 Å². The maximum atomic E-state index is 12.8. The number of hydrogen-bond donors (Lipinski definition) is 2. The van der Waals surface area contributed by atoms with Gasteiger partial charge in [0.15, 0.2) is 0 Å². The molecule has 0 amide bonds. The van der Waals surface area contributed by atoms with Crippen molar-refractivity contribution in [2.24, 2.45) is 0 Å². The van der Waals surface area contributed by atoms with E-state index in [0.29, 0.717) is 11.6 Å². The van der Waals surface area contributed by atoms with Crippen LogP contribution in [0, 0.1) is 12.7 Å². The highest BCUT2D eigenvalue weighted by atomic mass is 19.1. The highest BCUT2D eigenvalue weighted by Crippen LogP contribution is 2.09. The van der Waals surface area contributed by atoms with Gasteiger partial charge < -0.3 is 10.3 Å². The van der Waals surface area contributed by atoms with E-state index >= 15 is 0 Å². The number of aromatic amines is 1. The Kier molecular flexibility index (Phi) is 3.94. The van der Waals surface area contributed by atoms with E-state index < -0.39 is 0 Å². The van der Waals surface area contributed by atoms with Crippen LogP contribution >= 0.6 is 0 Å². The highest BCUT2D eigenvalue weighted by molar-refractivity contribution is 5.34. The number of halogens is 1. The van der Waals surface area contributed by atoms with E-state index in [1.807, 2.05) is 6.92 Å². The molecule has 19 heavy (non-hydrogen) atoms. The molecule has 0 saturated heterocycles. The number of H-pyrrole nitrogens is 1. The van der Waals surface area contributed by atoms with E-state index in [1.54, 1.807) is 19.1 Å². The maximum Gasteiger partial charge on any atom is 0.252 e. The van der Waals surface area contributed by atoms with Gasteiger partial charge in [0.05, 0.1) is 0 Å². The molecule has 0 saturated carbocycles. The molecular weight excluding hydrogens is 245 g/mol. The lowest BCUT2D eigenvalue weighted by Gasteiger charge is -2.14. The van der Waals surface area contributed by atoms with Crippen LogP contribution in [0.5, 0.6) is 0 Å². The van der Waals surface area contributed by atoms with Gasteiger partial charge in [0.25, 0.3) is 5.56 Å². The zero-order valence-corrected chi connectivity index (χ0v) is 10.9. The Morgan fingerprint density at radius 3 is 2.68 bits per heavy atom. The molecule has 2 N–H and O–H groups in total. The Morgan fingerprint density at radius 1 is 1.37 bits per heavy atom. The first-order valence-corrected chi connectivity index (χ1v) is 6.12. The molecule has 0 radical (unpaired) electrons. The Balaban J connectivity index is 2.02. The van der Waals surface area contributed by atoms with E-state index in [4.69, 9.17) is 0 Å². The van der Waals surface area contributed by atoms with Gasteiger partial charge in [-0.1, -0.05) is 12.1 Å². The third-order valence-electron chi connectivity index (χ3n) is 2.71. The first kappa shape index (κ1) is 13.3. The summed E-state index contributed by atoms with van der Waals surface area (Å²) in [5.74, 6) is 0.885. The zero-order chi connectivity index (χ0) is 13.8. The van der Waals surface area contributed by atoms with Crippen molar-refractivity contribution >= 4 is 5.82 Å². The molecule has 0 bridgehead atoms. The van der Waals surface area contributed by atoms with Crippen LogP contribution in [0.15, 0.2) is 35.1 Å². The topological polar surface area (TPSA) is 57.8 Å². The van der Waals surface area contributed by atoms with E-state index in [1.165, 1.54) is 18.2 Å². The molecule has 2 aromatic rings. The number of nitrogens with zero attached hydrogens (tertiary/aromatic N) is 1. The Morgan fingerprint density at radius 2 is 2.05 bits per heavy atom. The SMILES string of the molecule is Cc1nc(NC(C)Cc2ccc(F)cc2)cc(=O)[nH]1. The van der Waals surface area contributed by atoms with Crippen LogP contribution in [-0.2, 0) is 6.42 Å². The summed E-state index contributed by atoms with van der Waals surface area (Å²) in [4.78, 5) is 18.1. The summed E-state index contributed by atoms with van der Waals surface area (Å²) in [6.45, 7) is 3.72. The Hall–Kier alpha value is -2.17. The van der Waals surface area contributed by atoms with Crippen LogP contribution in [0.1, 0.15) is 18.3 Å². The van der Waals surface area contributed by atoms with Crippen LogP contribution in [0.25, 0.3) is 0 Å². The van der Waals surface area contributed by atoms with Gasteiger partial charge in [0, 0.05) is 12.1 Å². The molecule has 1 aromatic carbocycles. The lowest BCUT2D eigenvalue weighted by Crippen LogP contribution is -2.21. The summed E-state index contributed by atoms with van der Waals surface area (Å²) in [6.07, 6.45) is 0.730. The number of aromatic nitrogens is 2. The summed E-state index contributed by atoms with van der Waals surface area (Å²) in [7, 11) is 0. The molecule has 100 valence electrons. The minimum Gasteiger partial charge on any atom is -0.367 e. The molecule has 1 heterocycles. The van der Waals surface area contributed by atoms with Crippen LogP contribution in [0.2, 0.25) is 0 Å². The maximum absolute atomic E-state index is 12.8. The fourth-order valence-electron chi connectivity index (χ4n) is 1.93. The van der Waals surface area contributed by atoms with Gasteiger partial charge >= 0.3 is 0 Å². The van der Waals surface area contributed by atoms with Crippen molar-refractivity contribution in [1.82, 2.24) is 9.97 Å². The largest absolute Gasteiger partial charge is 0.367 e. The van der Waals surface area contributed by atoms with Crippen molar-refractivity contribution in [3.8, 4) is 0 Å². The number of hydrogen-bond acceptors (Lipinski definition) is 3. The van der Waals surface area contributed by atoms with Crippen molar-refractivity contribution in [2.45, 2.75) is 26.3 Å². The summed E-state index contributed by atoms with van der Waals surface area (Å²) in [5.41, 5.74) is 0.854. The summed E-state index contributed by atoms with van der Waals surface area (Å²) >= 11 is 0. The second kappa shape index (κ2) is 5.65. The molecule has 5 heteroatoms. The second-order valence-corrected chi connectivity index (χ2v) is 4.59. The standard InChI is InChI=1S/C14H16FN3O/c1-9(7-11-3-5-12(15)6-4-11)16-13-8-14(19)18-10(2)17-13/h3-6,8-9H,7H2,1-2H3,(H2,16,17,18,19). The minimum atomic E-state index is -0.240. The fraction of sp³-hybridized carbons (Fsp3) is 0.286. The third kappa shape index (κ3) is 3.91. The van der Waals surface area contributed by atoms with E-state index in [-0.39, 0.29) is 17.4 Å². The van der Waals surface area contributed by atoms with Crippen molar-refractivity contribution in [2.75, 3.05) is 5.32 Å². The highest BCUT2D eigenvalue weighted by Gasteiger charge is 2.06. The van der Waals surface area contributed by atoms with Gasteiger partial charge in [-0.05, 0) is 38.0 Å². The fourth-order valence-corrected chi connectivity index (χ4v) is 1.93. The molecule has 4 nitrogen and oxygen atoms in total. The van der Waals surface area contributed by atoms with E-state index in [2.05, 4.69) is 15.3 Å². The smallest absolute Gasteiger partial charge is 0.252 e. The van der Waals surface area contributed by atoms with E-state index in [9.17, 15) is 9.18 Å². The van der Waals surface area contributed by atoms with Crippen LogP contribution in [0.3, 0.4) is 0 Å². The zero-order valence-electron chi connectivity index (χ0n) is 10.9. The lowest BCUT2D eigenvalue weighted by molar-refractivity contribution is 0.626. The molecular formula is C14H16FN3O. The lowest BCUT2D eigenvalue weighted by atomic mass is 10.1. The van der Waals surface area contributed by atoms with Crippen molar-refractivity contribution < 1.29 is 4.39 Å². The van der Waals surface area contributed by atoms with Gasteiger partial charge in [-0.15, -0.1) is 0 Å². The second-order valence-electron chi connectivity index (χ2n) is 4.59. The number of aryl methyl sites for hydroxylation is 1. The van der Waals surface area contributed by atoms with Gasteiger partial charge in [0.1, 0.15) is 17.5 Å². The van der Waals surface area contributed by atoms with E-state index in [0.717, 1.165) is 12.0 Å². The molecule has 0 fully saturated rings. The quantitative estimate of drug-likeness (QED) is 0.887. The molecule has 0 aliphatic carbocycles. The number of rotatable bonds is 4. The monoisotopic (exact) mass is 261 g/mol. The van der Waals surface area contributed by atoms with Gasteiger partial charge in [0.2, 0.25) is 0 Å². The summed E-state index contributed by atoms with van der Waals surface area (Å²) in [5, 5.41) is 3.16. The average Bonchev–Trinajstić information content (AvgIpc) is 2.30. The van der Waals surface area contributed by atoms with Crippen LogP contribution < -0.4 is 10.9 Å². The summed E-state index contributed by atoms with van der Waals surface area (Å²) < 4.78 is 12.8. The number of benzene rings is 1. The first-order chi connectivity index (χ1) is 9.02. The first-order valence-electron chi connectivity index (χ1n) is 6.12. The van der Waals surface area contributed by atoms with Crippen molar-refractivity contribution in [3.63, 3.8) is 0 Å². The Bertz CT molecular complexity index is 607.